The van der Waals surface area contributed by atoms with Gasteiger partial charge in [-0.2, -0.15) is 0 Å². The molecule has 1 rings (SSSR count). The van der Waals surface area contributed by atoms with Gasteiger partial charge in [0.15, 0.2) is 0 Å². The van der Waals surface area contributed by atoms with Crippen LogP contribution < -0.4 is 5.32 Å². The molecule has 96 valence electrons. The molecule has 1 atom stereocenters. The van der Waals surface area contributed by atoms with Gasteiger partial charge in [-0.3, -0.25) is 4.79 Å². The molecular formula is C13H15NO4. The van der Waals surface area contributed by atoms with Gasteiger partial charge in [0, 0.05) is 0 Å². The Bertz CT molecular complexity index is 391. The van der Waals surface area contributed by atoms with E-state index >= 15 is 0 Å². The molecule has 0 spiro atoms. The molecule has 1 N–H and O–H groups in total. The summed E-state index contributed by atoms with van der Waals surface area (Å²) in [5.74, 6) is -0.412. The van der Waals surface area contributed by atoms with E-state index in [9.17, 15) is 14.4 Å². The topological polar surface area (TPSA) is 72.5 Å². The number of rotatable bonds is 8. The summed E-state index contributed by atoms with van der Waals surface area (Å²) in [5, 5.41) is 2.53. The Labute approximate surface area is 105 Å². The van der Waals surface area contributed by atoms with Gasteiger partial charge < -0.3 is 19.6 Å². The Balaban J connectivity index is 2.40. The first kappa shape index (κ1) is 14.1. The fraction of sp³-hybridized carbons (Fsp3) is 0.308. The fourth-order valence-electron chi connectivity index (χ4n) is 1.45. The van der Waals surface area contributed by atoms with Gasteiger partial charge in [0.2, 0.25) is 5.91 Å². The number of aldehydes is 2. The van der Waals surface area contributed by atoms with Crippen molar-refractivity contribution in [2.45, 2.75) is 12.5 Å². The molecule has 0 fully saturated rings. The van der Waals surface area contributed by atoms with E-state index < -0.39 is 11.9 Å². The van der Waals surface area contributed by atoms with E-state index in [4.69, 9.17) is 4.74 Å². The first-order valence-corrected chi connectivity index (χ1v) is 5.56. The fourth-order valence-corrected chi connectivity index (χ4v) is 1.45. The van der Waals surface area contributed by atoms with Crippen LogP contribution in [0.3, 0.4) is 0 Å². The lowest BCUT2D eigenvalue weighted by atomic mass is 10.1. The average molecular weight is 249 g/mol. The number of hydrogen-bond acceptors (Lipinski definition) is 4. The van der Waals surface area contributed by atoms with E-state index in [-0.39, 0.29) is 13.2 Å². The molecule has 0 aliphatic rings. The highest BCUT2D eigenvalue weighted by Crippen LogP contribution is 2.01. The SMILES string of the molecule is O=CCOCC(=O)NC(C=O)Cc1ccccc1. The van der Waals surface area contributed by atoms with Crippen LogP contribution in [0.2, 0.25) is 0 Å². The quantitative estimate of drug-likeness (QED) is 0.525. The lowest BCUT2D eigenvalue weighted by Crippen LogP contribution is -2.39. The first-order valence-electron chi connectivity index (χ1n) is 5.56. The zero-order valence-electron chi connectivity index (χ0n) is 9.87. The largest absolute Gasteiger partial charge is 0.364 e. The molecule has 1 aromatic carbocycles. The highest BCUT2D eigenvalue weighted by atomic mass is 16.5. The summed E-state index contributed by atoms with van der Waals surface area (Å²) in [5.41, 5.74) is 0.962. The number of nitrogens with one attached hydrogen (secondary N) is 1. The van der Waals surface area contributed by atoms with E-state index in [2.05, 4.69) is 5.32 Å². The van der Waals surface area contributed by atoms with Crippen LogP contribution in [0.15, 0.2) is 30.3 Å². The number of benzene rings is 1. The van der Waals surface area contributed by atoms with E-state index in [1.165, 1.54) is 0 Å². The second-order valence-electron chi connectivity index (χ2n) is 3.68. The minimum Gasteiger partial charge on any atom is -0.364 e. The highest BCUT2D eigenvalue weighted by molar-refractivity contribution is 5.80. The third-order valence-electron chi connectivity index (χ3n) is 2.23. The van der Waals surface area contributed by atoms with E-state index in [1.807, 2.05) is 30.3 Å². The predicted octanol–water partition coefficient (Wildman–Crippen LogP) is 0.128. The minimum absolute atomic E-state index is 0.127. The molecule has 0 aliphatic carbocycles. The van der Waals surface area contributed by atoms with Crippen molar-refractivity contribution >= 4 is 18.5 Å². The Morgan fingerprint density at radius 2 is 2.00 bits per heavy atom. The molecule has 0 aliphatic heterocycles. The van der Waals surface area contributed by atoms with Gasteiger partial charge in [0.25, 0.3) is 0 Å². The molecule has 18 heavy (non-hydrogen) atoms. The molecule has 5 nitrogen and oxygen atoms in total. The molecule has 0 bridgehead atoms. The van der Waals surface area contributed by atoms with Gasteiger partial charge in [0.1, 0.15) is 25.8 Å². The third-order valence-corrected chi connectivity index (χ3v) is 2.23. The van der Waals surface area contributed by atoms with Gasteiger partial charge in [-0.25, -0.2) is 0 Å². The summed E-state index contributed by atoms with van der Waals surface area (Å²) in [6.07, 6.45) is 1.68. The molecule has 0 radical (unpaired) electrons. The minimum atomic E-state index is -0.584. The predicted molar refractivity (Wildman–Crippen MR) is 65.0 cm³/mol. The average Bonchev–Trinajstić information content (AvgIpc) is 2.39. The number of ether oxygens (including phenoxy) is 1. The molecule has 1 amide bonds. The monoisotopic (exact) mass is 249 g/mol. The Kier molecular flexibility index (Phi) is 6.35. The molecule has 5 heteroatoms. The van der Waals surface area contributed by atoms with Crippen LogP contribution in [-0.4, -0.2) is 37.7 Å². The maximum Gasteiger partial charge on any atom is 0.246 e. The lowest BCUT2D eigenvalue weighted by Gasteiger charge is -2.12. The van der Waals surface area contributed by atoms with Crippen molar-refractivity contribution in [3.8, 4) is 0 Å². The summed E-state index contributed by atoms with van der Waals surface area (Å²) in [6, 6.07) is 8.79. The third kappa shape index (κ3) is 5.36. The van der Waals surface area contributed by atoms with Crippen LogP contribution >= 0.6 is 0 Å². The molecule has 1 unspecified atom stereocenters. The van der Waals surface area contributed by atoms with E-state index in [0.29, 0.717) is 19.0 Å². The first-order chi connectivity index (χ1) is 8.76. The molecule has 1 aromatic rings. The van der Waals surface area contributed by atoms with Crippen molar-refractivity contribution < 1.29 is 19.1 Å². The summed E-state index contributed by atoms with van der Waals surface area (Å²) >= 11 is 0. The second-order valence-corrected chi connectivity index (χ2v) is 3.68. The molecule has 0 heterocycles. The molecule has 0 saturated heterocycles. The number of hydrogen-bond donors (Lipinski definition) is 1. The van der Waals surface area contributed by atoms with Crippen molar-refractivity contribution in [3.05, 3.63) is 35.9 Å². The number of amides is 1. The molecule has 0 aromatic heterocycles. The molecular weight excluding hydrogens is 234 g/mol. The van der Waals surface area contributed by atoms with Gasteiger partial charge in [0.05, 0.1) is 6.04 Å². The summed E-state index contributed by atoms with van der Waals surface area (Å²) in [7, 11) is 0. The van der Waals surface area contributed by atoms with Crippen molar-refractivity contribution in [2.75, 3.05) is 13.2 Å². The second kappa shape index (κ2) is 8.14. The van der Waals surface area contributed by atoms with Crippen LogP contribution in [-0.2, 0) is 25.5 Å². The zero-order chi connectivity index (χ0) is 13.2. The van der Waals surface area contributed by atoms with Crippen LogP contribution in [0, 0.1) is 0 Å². The number of carbonyl (C=O) groups excluding carboxylic acids is 3. The summed E-state index contributed by atoms with van der Waals surface area (Å²) in [6.45, 7) is -0.351. The molecule has 0 saturated carbocycles. The smallest absolute Gasteiger partial charge is 0.246 e. The van der Waals surface area contributed by atoms with Crippen molar-refractivity contribution in [1.29, 1.82) is 0 Å². The Morgan fingerprint density at radius 3 is 2.61 bits per heavy atom. The number of carbonyl (C=O) groups is 3. The standard InChI is InChI=1S/C13H15NO4/c15-6-7-18-10-13(17)14-12(9-16)8-11-4-2-1-3-5-11/h1-6,9,12H,7-8,10H2,(H,14,17). The lowest BCUT2D eigenvalue weighted by molar-refractivity contribution is -0.129. The van der Waals surface area contributed by atoms with Gasteiger partial charge in [-0.05, 0) is 12.0 Å². The maximum atomic E-state index is 11.4. The van der Waals surface area contributed by atoms with E-state index in [0.717, 1.165) is 5.56 Å². The van der Waals surface area contributed by atoms with Crippen LogP contribution in [0.25, 0.3) is 0 Å². The Morgan fingerprint density at radius 1 is 1.28 bits per heavy atom. The van der Waals surface area contributed by atoms with Crippen LogP contribution in [0.5, 0.6) is 0 Å². The van der Waals surface area contributed by atoms with Gasteiger partial charge in [-0.1, -0.05) is 30.3 Å². The summed E-state index contributed by atoms with van der Waals surface area (Å²) < 4.78 is 4.74. The van der Waals surface area contributed by atoms with Gasteiger partial charge >= 0.3 is 0 Å². The highest BCUT2D eigenvalue weighted by Gasteiger charge is 2.11. The van der Waals surface area contributed by atoms with Crippen LogP contribution in [0.4, 0.5) is 0 Å². The van der Waals surface area contributed by atoms with Crippen LogP contribution in [0.1, 0.15) is 5.56 Å². The summed E-state index contributed by atoms with van der Waals surface area (Å²) in [4.78, 5) is 32.2. The van der Waals surface area contributed by atoms with Crippen molar-refractivity contribution in [2.24, 2.45) is 0 Å². The zero-order valence-corrected chi connectivity index (χ0v) is 9.87. The normalized spacial score (nSPS) is 11.6. The maximum absolute atomic E-state index is 11.4. The van der Waals surface area contributed by atoms with Gasteiger partial charge in [-0.15, -0.1) is 0 Å². The van der Waals surface area contributed by atoms with Crippen molar-refractivity contribution in [3.63, 3.8) is 0 Å². The Hall–Kier alpha value is -2.01. The van der Waals surface area contributed by atoms with E-state index in [1.54, 1.807) is 0 Å². The van der Waals surface area contributed by atoms with Crippen molar-refractivity contribution in [1.82, 2.24) is 5.32 Å².